The predicted octanol–water partition coefficient (Wildman–Crippen LogP) is 1.35. The molecule has 0 aromatic heterocycles. The summed E-state index contributed by atoms with van der Waals surface area (Å²) in [5.74, 6) is 0. The highest BCUT2D eigenvalue weighted by molar-refractivity contribution is 4.87. The lowest BCUT2D eigenvalue weighted by atomic mass is 9.80. The maximum absolute atomic E-state index is 2.36. The molecule has 1 heterocycles. The van der Waals surface area contributed by atoms with Gasteiger partial charge in [-0.15, -0.1) is 0 Å². The molecule has 0 N–H and O–H groups in total. The summed E-state index contributed by atoms with van der Waals surface area (Å²) < 4.78 is 0. The predicted molar refractivity (Wildman–Crippen MR) is 35.9 cm³/mol. The Morgan fingerprint density at radius 3 is 2.12 bits per heavy atom. The van der Waals surface area contributed by atoms with E-state index in [1.54, 1.807) is 0 Å². The zero-order valence-electron chi connectivity index (χ0n) is 6.07. The van der Waals surface area contributed by atoms with E-state index in [0.29, 0.717) is 5.41 Å². The van der Waals surface area contributed by atoms with E-state index in [0.717, 1.165) is 0 Å². The number of rotatable bonds is 1. The van der Waals surface area contributed by atoms with Crippen molar-refractivity contribution in [3.8, 4) is 0 Å². The van der Waals surface area contributed by atoms with Crippen molar-refractivity contribution in [2.24, 2.45) is 5.41 Å². The normalized spacial score (nSPS) is 27.4. The van der Waals surface area contributed by atoms with Gasteiger partial charge in [0, 0.05) is 13.1 Å². The molecule has 48 valence electrons. The summed E-state index contributed by atoms with van der Waals surface area (Å²) in [6, 6.07) is 0. The van der Waals surface area contributed by atoms with Crippen molar-refractivity contribution in [3.05, 3.63) is 0 Å². The molecule has 1 nitrogen and oxygen atoms in total. The van der Waals surface area contributed by atoms with Gasteiger partial charge in [-0.2, -0.15) is 0 Å². The Hall–Kier alpha value is -0.0400. The molecule has 0 aromatic carbocycles. The van der Waals surface area contributed by atoms with Gasteiger partial charge in [0.1, 0.15) is 0 Å². The van der Waals surface area contributed by atoms with Gasteiger partial charge in [0.2, 0.25) is 0 Å². The highest BCUT2D eigenvalue weighted by Gasteiger charge is 2.33. The maximum atomic E-state index is 2.36. The van der Waals surface area contributed by atoms with E-state index < -0.39 is 0 Å². The van der Waals surface area contributed by atoms with Crippen LogP contribution in [0.4, 0.5) is 0 Å². The Balaban J connectivity index is 2.30. The van der Waals surface area contributed by atoms with Gasteiger partial charge >= 0.3 is 0 Å². The minimum Gasteiger partial charge on any atom is -0.305 e. The van der Waals surface area contributed by atoms with Crippen molar-refractivity contribution in [1.29, 1.82) is 0 Å². The second kappa shape index (κ2) is 1.73. The minimum atomic E-state index is 0.661. The van der Waals surface area contributed by atoms with Crippen LogP contribution < -0.4 is 0 Å². The Kier molecular flexibility index (Phi) is 1.31. The smallest absolute Gasteiger partial charge is 0.00447 e. The minimum absolute atomic E-state index is 0.661. The van der Waals surface area contributed by atoms with Gasteiger partial charge in [-0.3, -0.25) is 0 Å². The third kappa shape index (κ3) is 0.873. The first kappa shape index (κ1) is 6.09. The highest BCUT2D eigenvalue weighted by atomic mass is 15.2. The zero-order valence-corrected chi connectivity index (χ0v) is 6.07. The largest absolute Gasteiger partial charge is 0.305 e. The summed E-state index contributed by atoms with van der Waals surface area (Å²) in [6.07, 6.45) is 1.33. The Labute approximate surface area is 51.7 Å². The van der Waals surface area contributed by atoms with Gasteiger partial charge in [-0.25, -0.2) is 0 Å². The van der Waals surface area contributed by atoms with Crippen molar-refractivity contribution in [2.45, 2.75) is 20.3 Å². The van der Waals surface area contributed by atoms with E-state index >= 15 is 0 Å². The van der Waals surface area contributed by atoms with Gasteiger partial charge in [-0.1, -0.05) is 13.8 Å². The van der Waals surface area contributed by atoms with Crippen LogP contribution in [0.3, 0.4) is 0 Å². The van der Waals surface area contributed by atoms with Crippen LogP contribution in [0.1, 0.15) is 20.3 Å². The van der Waals surface area contributed by atoms with Crippen LogP contribution in [0.5, 0.6) is 0 Å². The van der Waals surface area contributed by atoms with Crippen LogP contribution in [0.15, 0.2) is 0 Å². The second-order valence-electron chi connectivity index (χ2n) is 3.34. The first-order chi connectivity index (χ1) is 3.66. The van der Waals surface area contributed by atoms with Crippen molar-refractivity contribution in [1.82, 2.24) is 4.90 Å². The third-order valence-electron chi connectivity index (χ3n) is 2.16. The molecule has 0 radical (unpaired) electrons. The molecule has 1 saturated heterocycles. The van der Waals surface area contributed by atoms with Gasteiger partial charge in [0.15, 0.2) is 0 Å². The topological polar surface area (TPSA) is 3.24 Å². The number of hydrogen-bond acceptors (Lipinski definition) is 1. The van der Waals surface area contributed by atoms with E-state index in [1.165, 1.54) is 19.5 Å². The molecule has 0 spiro atoms. The summed E-state index contributed by atoms with van der Waals surface area (Å²) in [5.41, 5.74) is 0.661. The molecule has 0 aliphatic carbocycles. The second-order valence-corrected chi connectivity index (χ2v) is 3.34. The standard InChI is InChI=1S/C7H15N/c1-4-7(2)5-8(3)6-7/h4-6H2,1-3H3. The molecule has 1 aliphatic heterocycles. The SMILES string of the molecule is CCC1(C)CN(C)C1. The van der Waals surface area contributed by atoms with Crippen LogP contribution in [0.2, 0.25) is 0 Å². The number of hydrogen-bond donors (Lipinski definition) is 0. The first-order valence-corrected chi connectivity index (χ1v) is 3.35. The lowest BCUT2D eigenvalue weighted by molar-refractivity contribution is 0.0361. The van der Waals surface area contributed by atoms with Gasteiger partial charge < -0.3 is 4.90 Å². The molecule has 0 atom stereocenters. The lowest BCUT2D eigenvalue weighted by Crippen LogP contribution is -2.51. The quantitative estimate of drug-likeness (QED) is 0.496. The molecule has 0 amide bonds. The monoisotopic (exact) mass is 113 g/mol. The molecule has 0 saturated carbocycles. The molecule has 0 unspecified atom stereocenters. The number of likely N-dealkylation sites (tertiary alicyclic amines) is 1. The molecule has 1 rings (SSSR count). The zero-order chi connectivity index (χ0) is 6.20. The van der Waals surface area contributed by atoms with E-state index in [4.69, 9.17) is 0 Å². The van der Waals surface area contributed by atoms with Crippen LogP contribution in [-0.4, -0.2) is 25.0 Å². The first-order valence-electron chi connectivity index (χ1n) is 3.35. The summed E-state index contributed by atoms with van der Waals surface area (Å²) in [5, 5.41) is 0. The van der Waals surface area contributed by atoms with Gasteiger partial charge in [0.25, 0.3) is 0 Å². The van der Waals surface area contributed by atoms with E-state index in [9.17, 15) is 0 Å². The highest BCUT2D eigenvalue weighted by Crippen LogP contribution is 2.30. The summed E-state index contributed by atoms with van der Waals surface area (Å²) in [4.78, 5) is 2.36. The summed E-state index contributed by atoms with van der Waals surface area (Å²) in [6.45, 7) is 7.22. The molecular formula is C7H15N. The Morgan fingerprint density at radius 2 is 2.00 bits per heavy atom. The lowest BCUT2D eigenvalue weighted by Gasteiger charge is -2.45. The average molecular weight is 113 g/mol. The fourth-order valence-electron chi connectivity index (χ4n) is 1.48. The van der Waals surface area contributed by atoms with E-state index in [2.05, 4.69) is 25.8 Å². The van der Waals surface area contributed by atoms with Crippen LogP contribution in [0, 0.1) is 5.41 Å². The van der Waals surface area contributed by atoms with Gasteiger partial charge in [0.05, 0.1) is 0 Å². The molecule has 0 bridgehead atoms. The van der Waals surface area contributed by atoms with Crippen LogP contribution >= 0.6 is 0 Å². The van der Waals surface area contributed by atoms with Crippen molar-refractivity contribution in [3.63, 3.8) is 0 Å². The summed E-state index contributed by atoms with van der Waals surface area (Å²) >= 11 is 0. The molecule has 1 aliphatic rings. The van der Waals surface area contributed by atoms with E-state index in [-0.39, 0.29) is 0 Å². The molecule has 1 heteroatoms. The fourth-order valence-corrected chi connectivity index (χ4v) is 1.48. The van der Waals surface area contributed by atoms with E-state index in [1.807, 2.05) is 0 Å². The number of nitrogens with zero attached hydrogens (tertiary/aromatic N) is 1. The third-order valence-corrected chi connectivity index (χ3v) is 2.16. The maximum Gasteiger partial charge on any atom is 0.00447 e. The van der Waals surface area contributed by atoms with Crippen molar-refractivity contribution >= 4 is 0 Å². The molecule has 1 fully saturated rings. The molecule has 0 aromatic rings. The van der Waals surface area contributed by atoms with Crippen molar-refractivity contribution in [2.75, 3.05) is 20.1 Å². The average Bonchev–Trinajstić information content (AvgIpc) is 1.63. The summed E-state index contributed by atoms with van der Waals surface area (Å²) in [7, 11) is 2.18. The van der Waals surface area contributed by atoms with Crippen molar-refractivity contribution < 1.29 is 0 Å². The molecular weight excluding hydrogens is 98.1 g/mol. The Bertz CT molecular complexity index is 82.4. The van der Waals surface area contributed by atoms with Crippen LogP contribution in [0.25, 0.3) is 0 Å². The Morgan fingerprint density at radius 1 is 1.50 bits per heavy atom. The van der Waals surface area contributed by atoms with Gasteiger partial charge in [-0.05, 0) is 18.9 Å². The molecule has 8 heavy (non-hydrogen) atoms. The fraction of sp³-hybridized carbons (Fsp3) is 1.00. The van der Waals surface area contributed by atoms with Crippen LogP contribution in [-0.2, 0) is 0 Å².